The molecule has 0 atom stereocenters. The molecule has 0 saturated heterocycles. The molecule has 3 aromatic rings. The summed E-state index contributed by atoms with van der Waals surface area (Å²) in [4.78, 5) is 10.7. The molecule has 0 bridgehead atoms. The summed E-state index contributed by atoms with van der Waals surface area (Å²) in [7, 11) is -2.87. The van der Waals surface area contributed by atoms with Crippen LogP contribution in [-0.2, 0) is 10.1 Å². The third kappa shape index (κ3) is 6.91. The molecule has 0 aromatic heterocycles. The first-order valence-electron chi connectivity index (χ1n) is 8.81. The van der Waals surface area contributed by atoms with Gasteiger partial charge in [-0.25, -0.2) is 0 Å². The van der Waals surface area contributed by atoms with E-state index in [9.17, 15) is 23.4 Å². The molecule has 0 aliphatic rings. The van der Waals surface area contributed by atoms with Crippen LogP contribution in [0.15, 0.2) is 86.0 Å². The van der Waals surface area contributed by atoms with Crippen LogP contribution in [-0.4, -0.2) is 31.2 Å². The Bertz CT molecular complexity index is 1330. The van der Waals surface area contributed by atoms with E-state index in [1.165, 1.54) is 49.6 Å². The summed E-state index contributed by atoms with van der Waals surface area (Å²) in [5.41, 5.74) is 0.863. The molecule has 0 amide bonds. The van der Waals surface area contributed by atoms with Crippen LogP contribution in [0.25, 0.3) is 0 Å². The van der Waals surface area contributed by atoms with Gasteiger partial charge < -0.3 is 19.7 Å². The van der Waals surface area contributed by atoms with Gasteiger partial charge in [-0.05, 0) is 54.6 Å². The van der Waals surface area contributed by atoms with Gasteiger partial charge in [-0.2, -0.15) is 23.8 Å². The van der Waals surface area contributed by atoms with E-state index in [2.05, 4.69) is 20.5 Å². The van der Waals surface area contributed by atoms with Crippen LogP contribution in [0, 0.1) is 0 Å². The average Bonchev–Trinajstić information content (AvgIpc) is 2.76. The van der Waals surface area contributed by atoms with Gasteiger partial charge in [0, 0.05) is 11.6 Å². The first-order valence-corrected chi connectivity index (χ1v) is 10.2. The predicted octanol–water partition coefficient (Wildman–Crippen LogP) is 0.846. The van der Waals surface area contributed by atoms with Crippen molar-refractivity contribution >= 4 is 38.8 Å². The maximum absolute atomic E-state index is 11.1. The van der Waals surface area contributed by atoms with Gasteiger partial charge in [0.1, 0.15) is 17.2 Å². The minimum absolute atomic E-state index is 0. The summed E-state index contributed by atoms with van der Waals surface area (Å²) < 4.78 is 36.4. The second kappa shape index (κ2) is 11.1. The molecule has 0 unspecified atom stereocenters. The Morgan fingerprint density at radius 1 is 0.879 bits per heavy atom. The average molecular weight is 478 g/mol. The third-order valence-electron chi connectivity index (χ3n) is 4.05. The van der Waals surface area contributed by atoms with Crippen molar-refractivity contribution in [2.45, 2.75) is 4.90 Å². The summed E-state index contributed by atoms with van der Waals surface area (Å²) in [5.74, 6) is -1.67. The number of carbonyl (C=O) groups is 1. The van der Waals surface area contributed by atoms with Gasteiger partial charge in [0.15, 0.2) is 0 Å². The monoisotopic (exact) mass is 478 g/mol. The number of aromatic hydroxyl groups is 1. The molecule has 2 N–H and O–H groups in total. The number of carbonyl (C=O) groups excluding carboxylic acids is 1. The van der Waals surface area contributed by atoms with E-state index < -0.39 is 27.4 Å². The second-order valence-corrected chi connectivity index (χ2v) is 7.64. The Balaban J connectivity index is 0.00000385. The summed E-state index contributed by atoms with van der Waals surface area (Å²) in [6.45, 7) is 0. The number of azo groups is 2. The zero-order valence-corrected chi connectivity index (χ0v) is 20.2. The van der Waals surface area contributed by atoms with Crippen molar-refractivity contribution in [1.82, 2.24) is 0 Å². The number of aromatic carboxylic acids is 1. The Morgan fingerprint density at radius 3 is 2.03 bits per heavy atom. The Hall–Kier alpha value is -3.16. The van der Waals surface area contributed by atoms with Crippen molar-refractivity contribution in [3.63, 3.8) is 0 Å². The number of carboxylic acids is 1. The van der Waals surface area contributed by atoms with Crippen LogP contribution in [0.3, 0.4) is 0 Å². The molecule has 3 rings (SSSR count). The summed E-state index contributed by atoms with van der Waals surface area (Å²) in [5, 5.41) is 36.5. The van der Waals surface area contributed by atoms with Gasteiger partial charge in [0.2, 0.25) is 0 Å². The molecule has 0 aliphatic heterocycles. The van der Waals surface area contributed by atoms with Crippen LogP contribution in [0.1, 0.15) is 10.4 Å². The largest absolute Gasteiger partial charge is 1.00 e. The normalized spacial score (nSPS) is 11.5. The van der Waals surface area contributed by atoms with Gasteiger partial charge in [0.25, 0.3) is 10.1 Å². The van der Waals surface area contributed by atoms with Crippen molar-refractivity contribution in [2.75, 3.05) is 7.11 Å². The van der Waals surface area contributed by atoms with Crippen molar-refractivity contribution in [2.24, 2.45) is 20.5 Å². The molecule has 13 heteroatoms. The van der Waals surface area contributed by atoms with Crippen molar-refractivity contribution in [3.05, 3.63) is 66.2 Å². The topological polar surface area (TPSA) is 173 Å². The number of rotatable bonds is 7. The van der Waals surface area contributed by atoms with Crippen LogP contribution < -0.4 is 39.4 Å². The number of benzene rings is 3. The number of hydrogen-bond acceptors (Lipinski definition) is 10. The predicted molar refractivity (Wildman–Crippen MR) is 110 cm³/mol. The Kier molecular flexibility index (Phi) is 8.79. The van der Waals surface area contributed by atoms with Gasteiger partial charge in [-0.3, -0.25) is 4.55 Å². The fourth-order valence-electron chi connectivity index (χ4n) is 2.47. The third-order valence-corrected chi connectivity index (χ3v) is 4.92. The van der Waals surface area contributed by atoms with Crippen LogP contribution in [0.5, 0.6) is 11.5 Å². The molecule has 11 nitrogen and oxygen atoms in total. The number of phenols is 1. The first kappa shape index (κ1) is 26.1. The summed E-state index contributed by atoms with van der Waals surface area (Å²) in [6, 6.07) is 13.5. The molecule has 0 aliphatic carbocycles. The smallest absolute Gasteiger partial charge is 0.545 e. The summed E-state index contributed by atoms with van der Waals surface area (Å²) in [6.07, 6.45) is 0. The number of ether oxygens (including phenoxy) is 1. The van der Waals surface area contributed by atoms with E-state index >= 15 is 0 Å². The molecular formula is C20H15N4NaO7S. The Labute approximate surface area is 210 Å². The van der Waals surface area contributed by atoms with E-state index in [4.69, 9.17) is 9.29 Å². The molecule has 0 fully saturated rings. The number of nitrogens with zero attached hydrogens (tertiary/aromatic N) is 4. The van der Waals surface area contributed by atoms with Gasteiger partial charge >= 0.3 is 29.6 Å². The van der Waals surface area contributed by atoms with E-state index in [-0.39, 0.29) is 40.1 Å². The first-order chi connectivity index (χ1) is 15.2. The minimum Gasteiger partial charge on any atom is -0.545 e. The van der Waals surface area contributed by atoms with Crippen LogP contribution >= 0.6 is 0 Å². The van der Waals surface area contributed by atoms with Crippen LogP contribution in [0.4, 0.5) is 22.7 Å². The van der Waals surface area contributed by atoms with E-state index in [0.717, 1.165) is 6.07 Å². The minimum atomic E-state index is -4.29. The van der Waals surface area contributed by atoms with Gasteiger partial charge in [0.05, 0.1) is 35.0 Å². The van der Waals surface area contributed by atoms with Crippen LogP contribution in [0.2, 0.25) is 0 Å². The molecule has 0 heterocycles. The molecule has 3 aromatic carbocycles. The molecule has 164 valence electrons. The molecule has 0 spiro atoms. The van der Waals surface area contributed by atoms with Crippen molar-refractivity contribution < 1.29 is 62.3 Å². The summed E-state index contributed by atoms with van der Waals surface area (Å²) >= 11 is 0. The zero-order valence-electron chi connectivity index (χ0n) is 17.4. The number of carboxylic acid groups (broad SMARTS) is 1. The van der Waals surface area contributed by atoms with Gasteiger partial charge in [-0.15, -0.1) is 5.11 Å². The van der Waals surface area contributed by atoms with E-state index in [0.29, 0.717) is 22.8 Å². The quantitative estimate of drug-likeness (QED) is 0.287. The molecule has 0 saturated carbocycles. The maximum atomic E-state index is 11.1. The molecular weight excluding hydrogens is 463 g/mol. The molecule has 0 radical (unpaired) electrons. The van der Waals surface area contributed by atoms with E-state index in [1.54, 1.807) is 12.1 Å². The zero-order chi connectivity index (χ0) is 23.3. The van der Waals surface area contributed by atoms with Crippen molar-refractivity contribution in [1.29, 1.82) is 0 Å². The van der Waals surface area contributed by atoms with Crippen molar-refractivity contribution in [3.8, 4) is 11.5 Å². The van der Waals surface area contributed by atoms with Gasteiger partial charge in [-0.1, -0.05) is 0 Å². The maximum Gasteiger partial charge on any atom is 1.00 e. The molecule has 33 heavy (non-hydrogen) atoms. The number of methoxy groups -OCH3 is 1. The SMILES string of the molecule is COc1cc(N=Nc2ccc(S(=O)(=O)O)cc2)ccc1N=Nc1ccc(O)c(C(=O)[O-])c1.[Na+]. The second-order valence-electron chi connectivity index (χ2n) is 6.21. The Morgan fingerprint density at radius 2 is 1.42 bits per heavy atom. The fourth-order valence-corrected chi connectivity index (χ4v) is 2.95. The number of hydrogen-bond donors (Lipinski definition) is 2. The standard InChI is InChI=1S/C20H16N4O7S.Na/c1-31-19-11-14(22-21-12-2-6-15(7-3-12)32(28,29)30)4-8-17(19)24-23-13-5-9-18(25)16(10-13)20(26)27;/h2-11,25H,1H3,(H,26,27)(H,28,29,30);/q;+1/p-1. The fraction of sp³-hybridized carbons (Fsp3) is 0.0500. The van der Waals surface area contributed by atoms with E-state index in [1.807, 2.05) is 0 Å².